The van der Waals surface area contributed by atoms with Crippen LogP contribution >= 0.6 is 11.6 Å². The molecule has 7 heteroatoms. The van der Waals surface area contributed by atoms with Gasteiger partial charge in [-0.1, -0.05) is 50.6 Å². The maximum absolute atomic E-state index is 6.11. The van der Waals surface area contributed by atoms with Crippen LogP contribution in [0.4, 0.5) is 11.6 Å². The van der Waals surface area contributed by atoms with Crippen molar-refractivity contribution in [1.82, 2.24) is 19.6 Å². The third kappa shape index (κ3) is 3.91. The summed E-state index contributed by atoms with van der Waals surface area (Å²) < 4.78 is 1.98. The Kier molecular flexibility index (Phi) is 5.25. The van der Waals surface area contributed by atoms with Crippen LogP contribution in [0.15, 0.2) is 60.9 Å². The van der Waals surface area contributed by atoms with Crippen LogP contribution in [0.3, 0.4) is 0 Å². The van der Waals surface area contributed by atoms with Crippen LogP contribution in [-0.2, 0) is 5.41 Å². The highest BCUT2D eigenvalue weighted by Gasteiger charge is 2.25. The molecule has 164 valence electrons. The fourth-order valence-corrected chi connectivity index (χ4v) is 4.22. The smallest absolute Gasteiger partial charge is 0.165 e. The second-order valence-corrected chi connectivity index (χ2v) is 9.65. The Labute approximate surface area is 193 Å². The van der Waals surface area contributed by atoms with Crippen molar-refractivity contribution in [2.24, 2.45) is 0 Å². The first-order valence-corrected chi connectivity index (χ1v) is 11.3. The Hall–Kier alpha value is -3.12. The standard InChI is InChI=1S/C25H27ClN6/c1-25(2,3)21-16-23(31-14-12-30(13-15-31)22-6-4-5-11-27-22)32-24(29-21)20(17-28-32)18-7-9-19(26)10-8-18/h4-11,16-17H,12-15H2,1-3H3. The van der Waals surface area contributed by atoms with Gasteiger partial charge in [-0.15, -0.1) is 0 Å². The van der Waals surface area contributed by atoms with E-state index in [2.05, 4.69) is 47.7 Å². The van der Waals surface area contributed by atoms with Crippen LogP contribution in [0.5, 0.6) is 0 Å². The van der Waals surface area contributed by atoms with Crippen molar-refractivity contribution in [3.63, 3.8) is 0 Å². The number of rotatable bonds is 3. The molecule has 0 N–H and O–H groups in total. The number of benzene rings is 1. The fraction of sp³-hybridized carbons (Fsp3) is 0.320. The van der Waals surface area contributed by atoms with Crippen molar-refractivity contribution >= 4 is 28.9 Å². The lowest BCUT2D eigenvalue weighted by atomic mass is 9.91. The van der Waals surface area contributed by atoms with Crippen molar-refractivity contribution in [2.75, 3.05) is 36.0 Å². The Bertz CT molecular complexity index is 1220. The molecule has 4 heterocycles. The maximum atomic E-state index is 6.11. The predicted molar refractivity (Wildman–Crippen MR) is 131 cm³/mol. The molecule has 32 heavy (non-hydrogen) atoms. The fourth-order valence-electron chi connectivity index (χ4n) is 4.10. The molecular weight excluding hydrogens is 420 g/mol. The monoisotopic (exact) mass is 446 g/mol. The lowest BCUT2D eigenvalue weighted by molar-refractivity contribution is 0.565. The van der Waals surface area contributed by atoms with Crippen LogP contribution in [-0.4, -0.2) is 45.8 Å². The maximum Gasteiger partial charge on any atom is 0.165 e. The number of piperazine rings is 1. The molecule has 0 bridgehead atoms. The van der Waals surface area contributed by atoms with E-state index in [1.807, 2.05) is 53.3 Å². The summed E-state index contributed by atoms with van der Waals surface area (Å²) in [7, 11) is 0. The van der Waals surface area contributed by atoms with Gasteiger partial charge in [0.15, 0.2) is 5.65 Å². The van der Waals surface area contributed by atoms with E-state index in [4.69, 9.17) is 21.7 Å². The summed E-state index contributed by atoms with van der Waals surface area (Å²) in [5.74, 6) is 2.12. The molecule has 0 radical (unpaired) electrons. The summed E-state index contributed by atoms with van der Waals surface area (Å²) in [6.45, 7) is 10.2. The lowest BCUT2D eigenvalue weighted by Gasteiger charge is -2.37. The largest absolute Gasteiger partial charge is 0.353 e. The van der Waals surface area contributed by atoms with Crippen LogP contribution < -0.4 is 9.80 Å². The van der Waals surface area contributed by atoms with Gasteiger partial charge in [0.05, 0.1) is 11.9 Å². The van der Waals surface area contributed by atoms with E-state index in [-0.39, 0.29) is 5.41 Å². The summed E-state index contributed by atoms with van der Waals surface area (Å²) in [6, 6.07) is 16.1. The SMILES string of the molecule is CC(C)(C)c1cc(N2CCN(c3ccccn3)CC2)n2ncc(-c3ccc(Cl)cc3)c2n1. The average Bonchev–Trinajstić information content (AvgIpc) is 3.23. The van der Waals surface area contributed by atoms with Gasteiger partial charge in [-0.3, -0.25) is 0 Å². The number of nitrogens with zero attached hydrogens (tertiary/aromatic N) is 6. The number of aromatic nitrogens is 4. The number of hydrogen-bond donors (Lipinski definition) is 0. The molecule has 1 fully saturated rings. The second-order valence-electron chi connectivity index (χ2n) is 9.21. The molecular formula is C25H27ClN6. The molecule has 0 aliphatic carbocycles. The van der Waals surface area contributed by atoms with E-state index in [9.17, 15) is 0 Å². The van der Waals surface area contributed by atoms with E-state index in [1.165, 1.54) is 0 Å². The molecule has 5 rings (SSSR count). The van der Waals surface area contributed by atoms with Crippen LogP contribution in [0.1, 0.15) is 26.5 Å². The van der Waals surface area contributed by atoms with Gasteiger partial charge in [-0.05, 0) is 29.8 Å². The first-order valence-electron chi connectivity index (χ1n) is 11.0. The first-order chi connectivity index (χ1) is 15.4. The number of anilines is 2. The third-order valence-electron chi connectivity index (χ3n) is 5.95. The van der Waals surface area contributed by atoms with Crippen LogP contribution in [0.25, 0.3) is 16.8 Å². The van der Waals surface area contributed by atoms with Gasteiger partial charge in [0.2, 0.25) is 0 Å². The van der Waals surface area contributed by atoms with Gasteiger partial charge in [0, 0.05) is 54.4 Å². The molecule has 1 aromatic carbocycles. The van der Waals surface area contributed by atoms with Gasteiger partial charge in [-0.2, -0.15) is 9.61 Å². The summed E-state index contributed by atoms with van der Waals surface area (Å²) in [4.78, 5) is 14.3. The Morgan fingerprint density at radius 1 is 0.906 bits per heavy atom. The van der Waals surface area contributed by atoms with E-state index in [1.54, 1.807) is 0 Å². The van der Waals surface area contributed by atoms with Crippen molar-refractivity contribution in [1.29, 1.82) is 0 Å². The molecule has 0 spiro atoms. The molecule has 0 unspecified atom stereocenters. The van der Waals surface area contributed by atoms with Gasteiger partial charge in [0.1, 0.15) is 11.6 Å². The van der Waals surface area contributed by atoms with Gasteiger partial charge in [-0.25, -0.2) is 9.97 Å². The highest BCUT2D eigenvalue weighted by atomic mass is 35.5. The zero-order chi connectivity index (χ0) is 22.3. The summed E-state index contributed by atoms with van der Waals surface area (Å²) in [5, 5.41) is 5.47. The topological polar surface area (TPSA) is 49.6 Å². The number of hydrogen-bond acceptors (Lipinski definition) is 5. The van der Waals surface area contributed by atoms with E-state index in [0.717, 1.165) is 65.3 Å². The molecule has 0 amide bonds. The van der Waals surface area contributed by atoms with Gasteiger partial charge >= 0.3 is 0 Å². The lowest BCUT2D eigenvalue weighted by Crippen LogP contribution is -2.47. The highest BCUT2D eigenvalue weighted by molar-refractivity contribution is 6.30. The zero-order valence-electron chi connectivity index (χ0n) is 18.7. The zero-order valence-corrected chi connectivity index (χ0v) is 19.4. The van der Waals surface area contributed by atoms with Crippen molar-refractivity contribution < 1.29 is 0 Å². The molecule has 3 aromatic heterocycles. The Morgan fingerprint density at radius 3 is 2.28 bits per heavy atom. The molecule has 1 aliphatic rings. The minimum atomic E-state index is -0.0756. The van der Waals surface area contributed by atoms with Crippen molar-refractivity contribution in [2.45, 2.75) is 26.2 Å². The van der Waals surface area contributed by atoms with Crippen molar-refractivity contribution in [3.05, 3.63) is 71.6 Å². The second kappa shape index (κ2) is 8.10. The Morgan fingerprint density at radius 2 is 1.62 bits per heavy atom. The molecule has 1 saturated heterocycles. The third-order valence-corrected chi connectivity index (χ3v) is 6.21. The quantitative estimate of drug-likeness (QED) is 0.439. The predicted octanol–water partition coefficient (Wildman–Crippen LogP) is 5.07. The summed E-state index contributed by atoms with van der Waals surface area (Å²) in [6.07, 6.45) is 3.76. The molecule has 4 aromatic rings. The molecule has 0 atom stereocenters. The first kappa shape index (κ1) is 20.8. The van der Waals surface area contributed by atoms with Crippen LogP contribution in [0, 0.1) is 0 Å². The number of halogens is 1. The van der Waals surface area contributed by atoms with Crippen LogP contribution in [0.2, 0.25) is 5.02 Å². The minimum absolute atomic E-state index is 0.0756. The van der Waals surface area contributed by atoms with Gasteiger partial charge < -0.3 is 9.80 Å². The molecule has 0 saturated carbocycles. The summed E-state index contributed by atoms with van der Waals surface area (Å²) in [5.41, 5.74) is 3.94. The summed E-state index contributed by atoms with van der Waals surface area (Å²) >= 11 is 6.11. The number of pyridine rings is 1. The average molecular weight is 447 g/mol. The van der Waals surface area contributed by atoms with E-state index >= 15 is 0 Å². The van der Waals surface area contributed by atoms with E-state index in [0.29, 0.717) is 0 Å². The van der Waals surface area contributed by atoms with E-state index < -0.39 is 0 Å². The Balaban J connectivity index is 1.53. The number of fused-ring (bicyclic) bond motifs is 1. The van der Waals surface area contributed by atoms with Crippen molar-refractivity contribution in [3.8, 4) is 11.1 Å². The van der Waals surface area contributed by atoms with Gasteiger partial charge in [0.25, 0.3) is 0 Å². The minimum Gasteiger partial charge on any atom is -0.353 e. The molecule has 1 aliphatic heterocycles. The molecule has 6 nitrogen and oxygen atoms in total. The normalized spacial score (nSPS) is 14.9. The highest BCUT2D eigenvalue weighted by Crippen LogP contribution is 2.32.